The van der Waals surface area contributed by atoms with Gasteiger partial charge in [0.1, 0.15) is 0 Å². The van der Waals surface area contributed by atoms with Gasteiger partial charge in [-0.3, -0.25) is 10.1 Å². The van der Waals surface area contributed by atoms with E-state index in [1.807, 2.05) is 13.8 Å². The predicted molar refractivity (Wildman–Crippen MR) is 47.7 cm³/mol. The molecule has 4 nitrogen and oxygen atoms in total. The highest BCUT2D eigenvalue weighted by atomic mass is 16.6. The van der Waals surface area contributed by atoms with Gasteiger partial charge in [0.2, 0.25) is 0 Å². The van der Waals surface area contributed by atoms with Crippen molar-refractivity contribution < 1.29 is 9.66 Å². The van der Waals surface area contributed by atoms with Gasteiger partial charge in [-0.05, 0) is 32.0 Å². The Balaban J connectivity index is 2.98. The van der Waals surface area contributed by atoms with E-state index in [0.29, 0.717) is 0 Å². The second-order valence-electron chi connectivity index (χ2n) is 2.82. The number of nitrogens with zero attached hydrogens (tertiary/aromatic N) is 1. The van der Waals surface area contributed by atoms with Gasteiger partial charge in [-0.2, -0.15) is 0 Å². The van der Waals surface area contributed by atoms with Crippen LogP contribution < -0.4 is 4.74 Å². The van der Waals surface area contributed by atoms with Gasteiger partial charge in [0.05, 0.1) is 11.0 Å². The monoisotopic (exact) mass is 180 g/mol. The van der Waals surface area contributed by atoms with Gasteiger partial charge in [0.25, 0.3) is 0 Å². The number of hydrogen-bond acceptors (Lipinski definition) is 3. The third-order valence-electron chi connectivity index (χ3n) is 1.36. The third kappa shape index (κ3) is 2.43. The highest BCUT2D eigenvalue weighted by molar-refractivity contribution is 5.45. The van der Waals surface area contributed by atoms with E-state index in [1.165, 1.54) is 18.2 Å². The molecule has 4 heteroatoms. The van der Waals surface area contributed by atoms with E-state index >= 15 is 0 Å². The van der Waals surface area contributed by atoms with Crippen LogP contribution in [0.3, 0.4) is 0 Å². The molecule has 69 valence electrons. The van der Waals surface area contributed by atoms with Crippen LogP contribution in [0.4, 0.5) is 5.69 Å². The lowest BCUT2D eigenvalue weighted by atomic mass is 10.3. The van der Waals surface area contributed by atoms with Gasteiger partial charge in [0, 0.05) is 6.07 Å². The van der Waals surface area contributed by atoms with Crippen molar-refractivity contribution in [3.8, 4) is 5.75 Å². The molecule has 0 unspecified atom stereocenters. The van der Waals surface area contributed by atoms with Crippen molar-refractivity contribution in [2.45, 2.75) is 20.0 Å². The van der Waals surface area contributed by atoms with E-state index in [0.717, 1.165) is 0 Å². The maximum Gasteiger partial charge on any atom is 0.310 e. The predicted octanol–water partition coefficient (Wildman–Crippen LogP) is 2.18. The zero-order valence-electron chi connectivity index (χ0n) is 7.48. The van der Waals surface area contributed by atoms with Crippen LogP contribution in [0.2, 0.25) is 0 Å². The molecule has 13 heavy (non-hydrogen) atoms. The summed E-state index contributed by atoms with van der Waals surface area (Å²) in [6.45, 7) is 3.63. The number of nitro groups is 1. The molecule has 1 radical (unpaired) electrons. The van der Waals surface area contributed by atoms with E-state index in [1.54, 1.807) is 0 Å². The summed E-state index contributed by atoms with van der Waals surface area (Å²) in [6, 6.07) is 7.07. The van der Waals surface area contributed by atoms with Gasteiger partial charge in [-0.25, -0.2) is 0 Å². The molecule has 0 spiro atoms. The van der Waals surface area contributed by atoms with Crippen molar-refractivity contribution in [2.24, 2.45) is 0 Å². The van der Waals surface area contributed by atoms with Crippen LogP contribution in [-0.2, 0) is 0 Å². The first-order chi connectivity index (χ1) is 6.11. The van der Waals surface area contributed by atoms with Gasteiger partial charge >= 0.3 is 5.69 Å². The van der Waals surface area contributed by atoms with Crippen LogP contribution in [0.25, 0.3) is 0 Å². The van der Waals surface area contributed by atoms with Crippen molar-refractivity contribution in [3.63, 3.8) is 0 Å². The van der Waals surface area contributed by atoms with Crippen LogP contribution in [0.5, 0.6) is 5.75 Å². The Labute approximate surface area is 76.3 Å². The van der Waals surface area contributed by atoms with Crippen LogP contribution in [0, 0.1) is 16.2 Å². The van der Waals surface area contributed by atoms with Gasteiger partial charge < -0.3 is 4.74 Å². The minimum Gasteiger partial charge on any atom is -0.484 e. The molecule has 0 heterocycles. The molecule has 1 rings (SSSR count). The third-order valence-corrected chi connectivity index (χ3v) is 1.36. The van der Waals surface area contributed by atoms with Crippen LogP contribution in [0.15, 0.2) is 18.2 Å². The fraction of sp³-hybridized carbons (Fsp3) is 0.333. The van der Waals surface area contributed by atoms with Crippen molar-refractivity contribution in [1.82, 2.24) is 0 Å². The van der Waals surface area contributed by atoms with Crippen molar-refractivity contribution in [1.29, 1.82) is 0 Å². The summed E-state index contributed by atoms with van der Waals surface area (Å²) in [4.78, 5) is 10.0. The van der Waals surface area contributed by atoms with Gasteiger partial charge in [-0.1, -0.05) is 0 Å². The summed E-state index contributed by atoms with van der Waals surface area (Å²) < 4.78 is 5.23. The smallest absolute Gasteiger partial charge is 0.310 e. The summed E-state index contributed by atoms with van der Waals surface area (Å²) in [5.41, 5.74) is -0.0209. The quantitative estimate of drug-likeness (QED) is 0.529. The van der Waals surface area contributed by atoms with Gasteiger partial charge in [-0.15, -0.1) is 0 Å². The highest BCUT2D eigenvalue weighted by Crippen LogP contribution is 2.26. The lowest BCUT2D eigenvalue weighted by Gasteiger charge is -2.08. The Hall–Kier alpha value is -1.58. The summed E-state index contributed by atoms with van der Waals surface area (Å²) >= 11 is 0. The van der Waals surface area contributed by atoms with E-state index in [9.17, 15) is 10.1 Å². The number of rotatable bonds is 3. The van der Waals surface area contributed by atoms with Crippen LogP contribution in [-0.4, -0.2) is 11.0 Å². The molecule has 0 aliphatic rings. The topological polar surface area (TPSA) is 52.4 Å². The molecule has 0 amide bonds. The average Bonchev–Trinajstić information content (AvgIpc) is 2.03. The summed E-state index contributed by atoms with van der Waals surface area (Å²) in [7, 11) is 0. The normalized spacial score (nSPS) is 10.1. The van der Waals surface area contributed by atoms with Crippen LogP contribution >= 0.6 is 0 Å². The molecule has 0 saturated heterocycles. The fourth-order valence-electron chi connectivity index (χ4n) is 0.906. The minimum absolute atomic E-state index is 0.0209. The summed E-state index contributed by atoms with van der Waals surface area (Å²) in [6.07, 6.45) is -0.0745. The molecule has 0 saturated carbocycles. The molecular formula is C9H10NO3. The summed E-state index contributed by atoms with van der Waals surface area (Å²) in [5.74, 6) is 0.266. The molecule has 1 aromatic carbocycles. The zero-order valence-corrected chi connectivity index (χ0v) is 7.48. The first kappa shape index (κ1) is 9.51. The zero-order chi connectivity index (χ0) is 9.84. The van der Waals surface area contributed by atoms with E-state index in [4.69, 9.17) is 4.74 Å². The molecule has 0 aliphatic heterocycles. The van der Waals surface area contributed by atoms with Crippen molar-refractivity contribution >= 4 is 5.69 Å². The maximum absolute atomic E-state index is 10.5. The minimum atomic E-state index is -0.467. The highest BCUT2D eigenvalue weighted by Gasteiger charge is 2.14. The molecular weight excluding hydrogens is 170 g/mol. The fourth-order valence-corrected chi connectivity index (χ4v) is 0.906. The molecule has 0 bridgehead atoms. The largest absolute Gasteiger partial charge is 0.484 e. The molecule has 0 fully saturated rings. The summed E-state index contributed by atoms with van der Waals surface area (Å²) in [5, 5.41) is 10.5. The number of benzene rings is 1. The Morgan fingerprint density at radius 2 is 2.31 bits per heavy atom. The van der Waals surface area contributed by atoms with Crippen molar-refractivity contribution in [2.75, 3.05) is 0 Å². The average molecular weight is 180 g/mol. The van der Waals surface area contributed by atoms with E-state index < -0.39 is 4.92 Å². The van der Waals surface area contributed by atoms with Crippen molar-refractivity contribution in [3.05, 3.63) is 34.4 Å². The molecule has 0 N–H and O–H groups in total. The Kier molecular flexibility index (Phi) is 2.84. The lowest BCUT2D eigenvalue weighted by Crippen LogP contribution is -2.07. The SMILES string of the molecule is CC(C)Oc1c[c]ccc1[N+](=O)[O-]. The molecule has 0 atom stereocenters. The Bertz CT molecular complexity index is 309. The lowest BCUT2D eigenvalue weighted by molar-refractivity contribution is -0.386. The first-order valence-corrected chi connectivity index (χ1v) is 3.92. The molecule has 1 aromatic rings. The molecule has 0 aromatic heterocycles. The number of nitro benzene ring substituents is 1. The maximum atomic E-state index is 10.5. The Morgan fingerprint density at radius 1 is 1.62 bits per heavy atom. The second kappa shape index (κ2) is 3.89. The van der Waals surface area contributed by atoms with Gasteiger partial charge in [0.15, 0.2) is 5.75 Å². The number of ether oxygens (including phenoxy) is 1. The number of hydrogen-bond donors (Lipinski definition) is 0. The second-order valence-corrected chi connectivity index (χ2v) is 2.82. The molecule has 0 aliphatic carbocycles. The van der Waals surface area contributed by atoms with E-state index in [-0.39, 0.29) is 17.5 Å². The first-order valence-electron chi connectivity index (χ1n) is 3.92. The Morgan fingerprint density at radius 3 is 2.85 bits per heavy atom. The van der Waals surface area contributed by atoms with E-state index in [2.05, 4.69) is 6.07 Å². The standard InChI is InChI=1S/C9H10NO3/c1-7(2)13-9-6-4-3-5-8(9)10(11)12/h3,5-7H,1-2H3. The van der Waals surface area contributed by atoms with Crippen LogP contribution in [0.1, 0.15) is 13.8 Å².